The lowest BCUT2D eigenvalue weighted by Gasteiger charge is -2.35. The Morgan fingerprint density at radius 2 is 0.871 bits per heavy atom. The molecule has 0 spiro atoms. The molecule has 1 unspecified atom stereocenters. The van der Waals surface area contributed by atoms with Crippen LogP contribution in [-0.4, -0.2) is 5.97 Å². The van der Waals surface area contributed by atoms with Crippen LogP contribution in [0.15, 0.2) is 0 Å². The first-order valence-electron chi connectivity index (χ1n) is 14.0. The molecule has 0 fully saturated rings. The summed E-state index contributed by atoms with van der Waals surface area (Å²) in [5, 5.41) is 0. The quantitative estimate of drug-likeness (QED) is 0.107. The molecule has 0 aliphatic heterocycles. The predicted octanol–water partition coefficient (Wildman–Crippen LogP) is 10.3. The summed E-state index contributed by atoms with van der Waals surface area (Å²) in [6.07, 6.45) is 30.0. The van der Waals surface area contributed by atoms with Crippen LogP contribution in [-0.2, 0) is 9.32 Å². The maximum Gasteiger partial charge on any atom is 0.307 e. The highest BCUT2D eigenvalue weighted by Crippen LogP contribution is 2.42. The molecule has 0 saturated carbocycles. The Balaban J connectivity index is 4.78. The van der Waals surface area contributed by atoms with Gasteiger partial charge in [-0.3, -0.25) is 4.79 Å². The maximum atomic E-state index is 12.0. The molecule has 0 radical (unpaired) electrons. The topological polar surface area (TPSA) is 26.3 Å². The fourth-order valence-electron chi connectivity index (χ4n) is 5.02. The molecular formula is C28H57O2P. The van der Waals surface area contributed by atoms with E-state index in [2.05, 4.69) is 30.2 Å². The molecule has 0 aromatic carbocycles. The van der Waals surface area contributed by atoms with Crippen LogP contribution < -0.4 is 0 Å². The second kappa shape index (κ2) is 23.1. The van der Waals surface area contributed by atoms with Crippen LogP contribution in [0.2, 0.25) is 0 Å². The van der Waals surface area contributed by atoms with Gasteiger partial charge < -0.3 is 4.52 Å². The van der Waals surface area contributed by atoms with E-state index in [0.717, 1.165) is 6.42 Å². The summed E-state index contributed by atoms with van der Waals surface area (Å²) in [6, 6.07) is 0. The van der Waals surface area contributed by atoms with Gasteiger partial charge in [-0.2, -0.15) is 0 Å². The van der Waals surface area contributed by atoms with Crippen molar-refractivity contribution >= 4 is 15.4 Å². The fourth-order valence-corrected chi connectivity index (χ4v) is 5.13. The molecule has 0 rings (SSSR count). The molecular weight excluding hydrogens is 399 g/mol. The summed E-state index contributed by atoms with van der Waals surface area (Å²) in [4.78, 5) is 12.0. The molecule has 0 aliphatic rings. The van der Waals surface area contributed by atoms with Gasteiger partial charge in [0.15, 0.2) is 0 Å². The van der Waals surface area contributed by atoms with Crippen molar-refractivity contribution in [2.45, 2.75) is 168 Å². The van der Waals surface area contributed by atoms with Gasteiger partial charge in [0.1, 0.15) is 0 Å². The van der Waals surface area contributed by atoms with Crippen molar-refractivity contribution in [2.24, 2.45) is 5.41 Å². The molecule has 0 bridgehead atoms. The molecule has 3 heteroatoms. The van der Waals surface area contributed by atoms with Gasteiger partial charge in [0.05, 0.1) is 9.47 Å². The first kappa shape index (κ1) is 30.9. The summed E-state index contributed by atoms with van der Waals surface area (Å²) in [7, 11) is 2.14. The molecule has 0 aromatic rings. The fraction of sp³-hybridized carbons (Fsp3) is 0.964. The lowest BCUT2D eigenvalue weighted by atomic mass is 9.71. The van der Waals surface area contributed by atoms with Gasteiger partial charge in [0.25, 0.3) is 0 Å². The smallest absolute Gasteiger partial charge is 0.307 e. The zero-order valence-electron chi connectivity index (χ0n) is 21.7. The van der Waals surface area contributed by atoms with E-state index >= 15 is 0 Å². The van der Waals surface area contributed by atoms with Crippen molar-refractivity contribution in [1.29, 1.82) is 0 Å². The number of hydrogen-bond acceptors (Lipinski definition) is 2. The lowest BCUT2D eigenvalue weighted by Crippen LogP contribution is -2.23. The van der Waals surface area contributed by atoms with Crippen LogP contribution in [0.4, 0.5) is 0 Å². The Bertz CT molecular complexity index is 342. The predicted molar refractivity (Wildman–Crippen MR) is 141 cm³/mol. The number of carbonyl (C=O) groups is 1. The highest BCUT2D eigenvalue weighted by molar-refractivity contribution is 7.10. The van der Waals surface area contributed by atoms with Crippen molar-refractivity contribution in [3.63, 3.8) is 0 Å². The average molecular weight is 457 g/mol. The van der Waals surface area contributed by atoms with Crippen molar-refractivity contribution in [2.75, 3.05) is 0 Å². The largest absolute Gasteiger partial charge is 0.452 e. The molecule has 31 heavy (non-hydrogen) atoms. The van der Waals surface area contributed by atoms with Crippen molar-refractivity contribution < 1.29 is 9.32 Å². The standard InChI is InChI=1S/C28H57O2P/c1-4-7-10-13-16-19-23-28(26-22-27(29)30-31,24-20-17-14-11-8-5-2)25-21-18-15-12-9-6-3/h4-26,31H2,1-3H3. The second-order valence-corrected chi connectivity index (χ2v) is 10.3. The first-order chi connectivity index (χ1) is 15.1. The highest BCUT2D eigenvalue weighted by atomic mass is 31.0. The Morgan fingerprint density at radius 3 is 1.19 bits per heavy atom. The van der Waals surface area contributed by atoms with E-state index in [1.807, 2.05) is 0 Å². The zero-order chi connectivity index (χ0) is 23.0. The van der Waals surface area contributed by atoms with Gasteiger partial charge >= 0.3 is 5.97 Å². The average Bonchev–Trinajstić information content (AvgIpc) is 2.79. The van der Waals surface area contributed by atoms with Gasteiger partial charge in [-0.15, -0.1) is 0 Å². The third-order valence-electron chi connectivity index (χ3n) is 7.17. The minimum atomic E-state index is -0.0526. The summed E-state index contributed by atoms with van der Waals surface area (Å²) in [6.45, 7) is 6.87. The minimum Gasteiger partial charge on any atom is -0.452 e. The van der Waals surface area contributed by atoms with Gasteiger partial charge in [-0.1, -0.05) is 136 Å². The van der Waals surface area contributed by atoms with Gasteiger partial charge in [-0.05, 0) is 31.1 Å². The van der Waals surface area contributed by atoms with Crippen LogP contribution in [0.1, 0.15) is 168 Å². The molecule has 186 valence electrons. The van der Waals surface area contributed by atoms with E-state index in [1.54, 1.807) is 0 Å². The van der Waals surface area contributed by atoms with E-state index in [9.17, 15) is 4.79 Å². The van der Waals surface area contributed by atoms with E-state index in [4.69, 9.17) is 4.52 Å². The lowest BCUT2D eigenvalue weighted by molar-refractivity contribution is -0.134. The van der Waals surface area contributed by atoms with Crippen molar-refractivity contribution in [3.8, 4) is 0 Å². The van der Waals surface area contributed by atoms with Crippen LogP contribution in [0, 0.1) is 5.41 Å². The van der Waals surface area contributed by atoms with E-state index in [-0.39, 0.29) is 5.97 Å². The number of hydrogen-bond donors (Lipinski definition) is 0. The van der Waals surface area contributed by atoms with Crippen LogP contribution >= 0.6 is 9.47 Å². The molecule has 2 nitrogen and oxygen atoms in total. The molecule has 0 saturated heterocycles. The molecule has 0 amide bonds. The summed E-state index contributed by atoms with van der Waals surface area (Å²) in [5.41, 5.74) is 0.360. The minimum absolute atomic E-state index is 0.0526. The molecule has 1 atom stereocenters. The number of rotatable bonds is 24. The summed E-state index contributed by atoms with van der Waals surface area (Å²) in [5.74, 6) is -0.0526. The Kier molecular flexibility index (Phi) is 23.0. The van der Waals surface area contributed by atoms with E-state index in [0.29, 0.717) is 11.8 Å². The summed E-state index contributed by atoms with van der Waals surface area (Å²) < 4.78 is 4.93. The molecule has 0 N–H and O–H groups in total. The van der Waals surface area contributed by atoms with Gasteiger partial charge in [0.2, 0.25) is 0 Å². The molecule has 0 aliphatic carbocycles. The maximum absolute atomic E-state index is 12.0. The number of carbonyl (C=O) groups excluding carboxylic acids is 1. The normalized spacial score (nSPS) is 11.7. The van der Waals surface area contributed by atoms with Gasteiger partial charge in [0, 0.05) is 6.42 Å². The first-order valence-corrected chi connectivity index (χ1v) is 14.5. The third kappa shape index (κ3) is 19.1. The van der Waals surface area contributed by atoms with Crippen LogP contribution in [0.5, 0.6) is 0 Å². The third-order valence-corrected chi connectivity index (χ3v) is 7.44. The monoisotopic (exact) mass is 456 g/mol. The van der Waals surface area contributed by atoms with Crippen molar-refractivity contribution in [1.82, 2.24) is 0 Å². The van der Waals surface area contributed by atoms with Crippen molar-refractivity contribution in [3.05, 3.63) is 0 Å². The van der Waals surface area contributed by atoms with Crippen LogP contribution in [0.3, 0.4) is 0 Å². The van der Waals surface area contributed by atoms with E-state index < -0.39 is 0 Å². The van der Waals surface area contributed by atoms with Gasteiger partial charge in [-0.25, -0.2) is 0 Å². The van der Waals surface area contributed by atoms with Crippen LogP contribution in [0.25, 0.3) is 0 Å². The Hall–Kier alpha value is -0.100. The molecule has 0 aromatic heterocycles. The SMILES string of the molecule is CCCCCCCCC(CCCCCCCC)(CCCCCCCC)CCC(=O)OP. The number of unbranched alkanes of at least 4 members (excludes halogenated alkanes) is 15. The molecule has 0 heterocycles. The highest BCUT2D eigenvalue weighted by Gasteiger charge is 2.29. The summed E-state index contributed by atoms with van der Waals surface area (Å²) >= 11 is 0. The Labute approximate surface area is 198 Å². The zero-order valence-corrected chi connectivity index (χ0v) is 22.8. The Morgan fingerprint density at radius 1 is 0.548 bits per heavy atom. The second-order valence-electron chi connectivity index (χ2n) is 10.0. The van der Waals surface area contributed by atoms with E-state index in [1.165, 1.54) is 135 Å².